The van der Waals surface area contributed by atoms with E-state index in [1.54, 1.807) is 0 Å². The van der Waals surface area contributed by atoms with E-state index in [-0.39, 0.29) is 6.10 Å². The van der Waals surface area contributed by atoms with E-state index >= 15 is 0 Å². The van der Waals surface area contributed by atoms with Gasteiger partial charge in [0, 0.05) is 0 Å². The van der Waals surface area contributed by atoms with E-state index in [4.69, 9.17) is 4.74 Å². The first-order chi connectivity index (χ1) is 7.54. The standard InChI is InChI=1S/C15H24O/c1-6-12(4)14-7-9-15(10-8-14)16-13(5)11(2)3/h7-13H,6H2,1-5H3. The third kappa shape index (κ3) is 3.55. The second-order valence-corrected chi connectivity index (χ2v) is 4.95. The van der Waals surface area contributed by atoms with Gasteiger partial charge in [-0.25, -0.2) is 0 Å². The average Bonchev–Trinajstić information content (AvgIpc) is 2.28. The highest BCUT2D eigenvalue weighted by molar-refractivity contribution is 5.29. The van der Waals surface area contributed by atoms with Crippen LogP contribution in [0.4, 0.5) is 0 Å². The van der Waals surface area contributed by atoms with E-state index in [1.807, 2.05) is 0 Å². The third-order valence-electron chi connectivity index (χ3n) is 3.32. The molecule has 2 atom stereocenters. The number of rotatable bonds is 5. The van der Waals surface area contributed by atoms with Gasteiger partial charge in [-0.2, -0.15) is 0 Å². The molecule has 0 bridgehead atoms. The number of benzene rings is 1. The zero-order valence-electron chi connectivity index (χ0n) is 11.2. The lowest BCUT2D eigenvalue weighted by Gasteiger charge is -2.18. The van der Waals surface area contributed by atoms with Crippen molar-refractivity contribution >= 4 is 0 Å². The van der Waals surface area contributed by atoms with E-state index in [0.717, 1.165) is 5.75 Å². The van der Waals surface area contributed by atoms with E-state index in [9.17, 15) is 0 Å². The SMILES string of the molecule is CCC(C)c1ccc(OC(C)C(C)C)cc1. The lowest BCUT2D eigenvalue weighted by Crippen LogP contribution is -2.18. The van der Waals surface area contributed by atoms with Gasteiger partial charge < -0.3 is 4.74 Å². The molecule has 0 aliphatic rings. The normalized spacial score (nSPS) is 14.9. The summed E-state index contributed by atoms with van der Waals surface area (Å²) in [6, 6.07) is 8.52. The molecule has 0 aliphatic heterocycles. The summed E-state index contributed by atoms with van der Waals surface area (Å²) in [6.45, 7) is 11.0. The molecular weight excluding hydrogens is 196 g/mol. The van der Waals surface area contributed by atoms with Gasteiger partial charge in [0.05, 0.1) is 6.10 Å². The Morgan fingerprint density at radius 1 is 1.00 bits per heavy atom. The van der Waals surface area contributed by atoms with E-state index in [2.05, 4.69) is 58.9 Å². The minimum atomic E-state index is 0.273. The van der Waals surface area contributed by atoms with Crippen LogP contribution in [0.1, 0.15) is 52.5 Å². The highest BCUT2D eigenvalue weighted by Crippen LogP contribution is 2.22. The van der Waals surface area contributed by atoms with Crippen LogP contribution in [0.3, 0.4) is 0 Å². The van der Waals surface area contributed by atoms with Crippen molar-refractivity contribution in [2.24, 2.45) is 5.92 Å². The lowest BCUT2D eigenvalue weighted by atomic mass is 9.99. The fourth-order valence-electron chi connectivity index (χ4n) is 1.46. The first-order valence-corrected chi connectivity index (χ1v) is 6.31. The molecule has 0 aromatic heterocycles. The maximum atomic E-state index is 5.84. The molecule has 0 N–H and O–H groups in total. The van der Waals surface area contributed by atoms with Crippen molar-refractivity contribution in [2.45, 2.75) is 53.1 Å². The maximum absolute atomic E-state index is 5.84. The van der Waals surface area contributed by atoms with E-state index < -0.39 is 0 Å². The van der Waals surface area contributed by atoms with Crippen LogP contribution in [0.2, 0.25) is 0 Å². The predicted octanol–water partition coefficient (Wildman–Crippen LogP) is 4.62. The molecule has 1 aromatic rings. The van der Waals surface area contributed by atoms with Crippen LogP contribution in [-0.4, -0.2) is 6.10 Å². The maximum Gasteiger partial charge on any atom is 0.119 e. The predicted molar refractivity (Wildman–Crippen MR) is 70.1 cm³/mol. The first-order valence-electron chi connectivity index (χ1n) is 6.31. The Labute approximate surface area is 99.8 Å². The molecule has 0 fully saturated rings. The van der Waals surface area contributed by atoms with E-state index in [0.29, 0.717) is 11.8 Å². The Morgan fingerprint density at radius 3 is 2.00 bits per heavy atom. The smallest absolute Gasteiger partial charge is 0.119 e. The van der Waals surface area contributed by atoms with Gasteiger partial charge in [0.25, 0.3) is 0 Å². The molecule has 0 spiro atoms. The van der Waals surface area contributed by atoms with Crippen LogP contribution in [0.5, 0.6) is 5.75 Å². The van der Waals surface area contributed by atoms with Crippen LogP contribution in [0.25, 0.3) is 0 Å². The lowest BCUT2D eigenvalue weighted by molar-refractivity contribution is 0.170. The van der Waals surface area contributed by atoms with Crippen molar-refractivity contribution in [3.8, 4) is 5.75 Å². The molecule has 0 radical (unpaired) electrons. The number of hydrogen-bond donors (Lipinski definition) is 0. The van der Waals surface area contributed by atoms with Crippen molar-refractivity contribution < 1.29 is 4.74 Å². The highest BCUT2D eigenvalue weighted by atomic mass is 16.5. The number of hydrogen-bond acceptors (Lipinski definition) is 1. The molecule has 16 heavy (non-hydrogen) atoms. The van der Waals surface area contributed by atoms with Gasteiger partial charge in [-0.15, -0.1) is 0 Å². The van der Waals surface area contributed by atoms with Gasteiger partial charge in [-0.1, -0.05) is 39.8 Å². The summed E-state index contributed by atoms with van der Waals surface area (Å²) in [5.74, 6) is 2.17. The van der Waals surface area contributed by atoms with Crippen LogP contribution < -0.4 is 4.74 Å². The number of ether oxygens (including phenoxy) is 1. The topological polar surface area (TPSA) is 9.23 Å². The Hall–Kier alpha value is -0.980. The summed E-state index contributed by atoms with van der Waals surface area (Å²) < 4.78 is 5.84. The van der Waals surface area contributed by atoms with Crippen molar-refractivity contribution in [2.75, 3.05) is 0 Å². The molecule has 0 aliphatic carbocycles. The molecule has 2 unspecified atom stereocenters. The fraction of sp³-hybridized carbons (Fsp3) is 0.600. The minimum Gasteiger partial charge on any atom is -0.490 e. The second kappa shape index (κ2) is 5.93. The minimum absolute atomic E-state index is 0.273. The third-order valence-corrected chi connectivity index (χ3v) is 3.32. The summed E-state index contributed by atoms with van der Waals surface area (Å²) in [6.07, 6.45) is 1.46. The average molecular weight is 220 g/mol. The van der Waals surface area contributed by atoms with Crippen LogP contribution in [0, 0.1) is 5.92 Å². The largest absolute Gasteiger partial charge is 0.490 e. The van der Waals surface area contributed by atoms with Gasteiger partial charge in [0.2, 0.25) is 0 Å². The first kappa shape index (κ1) is 13.1. The van der Waals surface area contributed by atoms with Gasteiger partial charge >= 0.3 is 0 Å². The van der Waals surface area contributed by atoms with Crippen molar-refractivity contribution in [3.05, 3.63) is 29.8 Å². The molecular formula is C15H24O. The fourth-order valence-corrected chi connectivity index (χ4v) is 1.46. The van der Waals surface area contributed by atoms with Gasteiger partial charge in [-0.3, -0.25) is 0 Å². The zero-order valence-corrected chi connectivity index (χ0v) is 11.2. The molecule has 0 saturated carbocycles. The zero-order chi connectivity index (χ0) is 12.1. The van der Waals surface area contributed by atoms with Crippen LogP contribution >= 0.6 is 0 Å². The van der Waals surface area contributed by atoms with Crippen molar-refractivity contribution in [3.63, 3.8) is 0 Å². The Morgan fingerprint density at radius 2 is 1.56 bits per heavy atom. The van der Waals surface area contributed by atoms with Gasteiger partial charge in [0.15, 0.2) is 0 Å². The second-order valence-electron chi connectivity index (χ2n) is 4.95. The molecule has 1 aromatic carbocycles. The summed E-state index contributed by atoms with van der Waals surface area (Å²) in [4.78, 5) is 0. The summed E-state index contributed by atoms with van der Waals surface area (Å²) in [5, 5.41) is 0. The molecule has 1 nitrogen and oxygen atoms in total. The van der Waals surface area contributed by atoms with Crippen LogP contribution in [-0.2, 0) is 0 Å². The molecule has 0 saturated heterocycles. The molecule has 90 valence electrons. The Bertz CT molecular complexity index is 300. The quantitative estimate of drug-likeness (QED) is 0.703. The molecule has 0 heterocycles. The molecule has 1 rings (SSSR count). The summed E-state index contributed by atoms with van der Waals surface area (Å²) >= 11 is 0. The Balaban J connectivity index is 2.64. The summed E-state index contributed by atoms with van der Waals surface area (Å²) in [7, 11) is 0. The Kier molecular flexibility index (Phi) is 4.85. The van der Waals surface area contributed by atoms with Crippen molar-refractivity contribution in [1.29, 1.82) is 0 Å². The highest BCUT2D eigenvalue weighted by Gasteiger charge is 2.09. The van der Waals surface area contributed by atoms with Crippen molar-refractivity contribution in [1.82, 2.24) is 0 Å². The molecule has 0 amide bonds. The monoisotopic (exact) mass is 220 g/mol. The summed E-state index contributed by atoms with van der Waals surface area (Å²) in [5.41, 5.74) is 1.40. The van der Waals surface area contributed by atoms with Crippen LogP contribution in [0.15, 0.2) is 24.3 Å². The molecule has 1 heteroatoms. The van der Waals surface area contributed by atoms with Gasteiger partial charge in [-0.05, 0) is 42.9 Å². The van der Waals surface area contributed by atoms with Gasteiger partial charge in [0.1, 0.15) is 5.75 Å². The van der Waals surface area contributed by atoms with E-state index in [1.165, 1.54) is 12.0 Å².